The Hall–Kier alpha value is -1.52. The molecule has 0 fully saturated rings. The van der Waals surface area contributed by atoms with Crippen LogP contribution in [0.2, 0.25) is 4.34 Å². The van der Waals surface area contributed by atoms with Gasteiger partial charge in [-0.15, -0.1) is 11.3 Å². The zero-order chi connectivity index (χ0) is 14.5. The summed E-state index contributed by atoms with van der Waals surface area (Å²) in [6.45, 7) is 2.03. The first-order valence-corrected chi connectivity index (χ1v) is 7.54. The number of thiophene rings is 1. The number of benzene rings is 1. The summed E-state index contributed by atoms with van der Waals surface area (Å²) in [6, 6.07) is 11.1. The number of carbonyl (C=O) groups is 1. The van der Waals surface area contributed by atoms with E-state index in [2.05, 4.69) is 5.32 Å². The molecule has 0 aliphatic heterocycles. The molecule has 0 aliphatic carbocycles. The van der Waals surface area contributed by atoms with Crippen molar-refractivity contribution in [3.63, 3.8) is 0 Å². The zero-order valence-electron chi connectivity index (χ0n) is 11.4. The van der Waals surface area contributed by atoms with Crippen LogP contribution in [-0.2, 0) is 0 Å². The van der Waals surface area contributed by atoms with E-state index < -0.39 is 0 Å². The third kappa shape index (κ3) is 3.32. The standard InChI is InChI=1S/C15H16ClNO2S/c1-3-11(10-6-4-5-7-12(10)19-2)17-15(18)13-8-9-14(16)20-13/h4-9,11H,3H2,1-2H3,(H,17,18)/t11-/m1/s1. The summed E-state index contributed by atoms with van der Waals surface area (Å²) in [5.74, 6) is 0.670. The molecule has 5 heteroatoms. The normalized spacial score (nSPS) is 11.9. The minimum Gasteiger partial charge on any atom is -0.496 e. The topological polar surface area (TPSA) is 38.3 Å². The van der Waals surface area contributed by atoms with Gasteiger partial charge in [0.05, 0.1) is 22.4 Å². The van der Waals surface area contributed by atoms with E-state index in [-0.39, 0.29) is 11.9 Å². The number of para-hydroxylation sites is 1. The number of hydrogen-bond acceptors (Lipinski definition) is 3. The van der Waals surface area contributed by atoms with E-state index in [1.54, 1.807) is 19.2 Å². The lowest BCUT2D eigenvalue weighted by molar-refractivity contribution is 0.0939. The maximum absolute atomic E-state index is 12.2. The molecule has 0 unspecified atom stereocenters. The fourth-order valence-electron chi connectivity index (χ4n) is 2.02. The molecular formula is C15H16ClNO2S. The van der Waals surface area contributed by atoms with Gasteiger partial charge in [-0.3, -0.25) is 4.79 Å². The summed E-state index contributed by atoms with van der Waals surface area (Å²) in [7, 11) is 1.63. The van der Waals surface area contributed by atoms with Crippen LogP contribution in [0.3, 0.4) is 0 Å². The number of hydrogen-bond donors (Lipinski definition) is 1. The molecule has 0 saturated carbocycles. The number of methoxy groups -OCH3 is 1. The number of rotatable bonds is 5. The summed E-state index contributed by atoms with van der Waals surface area (Å²) >= 11 is 7.13. The van der Waals surface area contributed by atoms with Crippen LogP contribution in [0.25, 0.3) is 0 Å². The third-order valence-electron chi connectivity index (χ3n) is 3.02. The van der Waals surface area contributed by atoms with E-state index in [1.807, 2.05) is 31.2 Å². The Balaban J connectivity index is 2.18. The van der Waals surface area contributed by atoms with Crippen LogP contribution in [0.4, 0.5) is 0 Å². The molecule has 0 radical (unpaired) electrons. The maximum Gasteiger partial charge on any atom is 0.261 e. The van der Waals surface area contributed by atoms with Crippen molar-refractivity contribution in [2.24, 2.45) is 0 Å². The Morgan fingerprint density at radius 3 is 2.70 bits per heavy atom. The monoisotopic (exact) mass is 309 g/mol. The lowest BCUT2D eigenvalue weighted by atomic mass is 10.0. The molecular weight excluding hydrogens is 294 g/mol. The highest BCUT2D eigenvalue weighted by Gasteiger charge is 2.18. The van der Waals surface area contributed by atoms with Crippen molar-refractivity contribution in [3.8, 4) is 5.75 Å². The van der Waals surface area contributed by atoms with Crippen molar-refractivity contribution < 1.29 is 9.53 Å². The molecule has 1 heterocycles. The minimum absolute atomic E-state index is 0.0838. The quantitative estimate of drug-likeness (QED) is 0.894. The van der Waals surface area contributed by atoms with E-state index in [0.29, 0.717) is 9.21 Å². The van der Waals surface area contributed by atoms with Gasteiger partial charge in [0.15, 0.2) is 0 Å². The van der Waals surface area contributed by atoms with Gasteiger partial charge in [0.25, 0.3) is 5.91 Å². The van der Waals surface area contributed by atoms with Crippen LogP contribution in [0.5, 0.6) is 5.75 Å². The molecule has 2 rings (SSSR count). The summed E-state index contributed by atoms with van der Waals surface area (Å²) in [4.78, 5) is 12.8. The predicted octanol–water partition coefficient (Wildman–Crippen LogP) is 4.29. The van der Waals surface area contributed by atoms with E-state index in [4.69, 9.17) is 16.3 Å². The molecule has 0 saturated heterocycles. The van der Waals surface area contributed by atoms with Gasteiger partial charge in [0.1, 0.15) is 5.75 Å². The highest BCUT2D eigenvalue weighted by atomic mass is 35.5. The van der Waals surface area contributed by atoms with Gasteiger partial charge in [0.2, 0.25) is 0 Å². The van der Waals surface area contributed by atoms with Crippen LogP contribution in [-0.4, -0.2) is 13.0 Å². The maximum atomic E-state index is 12.2. The average Bonchev–Trinajstić information content (AvgIpc) is 2.91. The number of carbonyl (C=O) groups excluding carboxylic acids is 1. The van der Waals surface area contributed by atoms with Crippen LogP contribution in [0.15, 0.2) is 36.4 Å². The lowest BCUT2D eigenvalue weighted by Crippen LogP contribution is -2.27. The molecule has 3 nitrogen and oxygen atoms in total. The van der Waals surface area contributed by atoms with Gasteiger partial charge in [0, 0.05) is 5.56 Å². The minimum atomic E-state index is -0.111. The first kappa shape index (κ1) is 14.9. The first-order valence-electron chi connectivity index (χ1n) is 6.34. The molecule has 1 atom stereocenters. The highest BCUT2D eigenvalue weighted by Crippen LogP contribution is 2.28. The van der Waals surface area contributed by atoms with Gasteiger partial charge in [-0.1, -0.05) is 36.7 Å². The molecule has 20 heavy (non-hydrogen) atoms. The van der Waals surface area contributed by atoms with Gasteiger partial charge in [-0.05, 0) is 24.6 Å². The van der Waals surface area contributed by atoms with Crippen LogP contribution >= 0.6 is 22.9 Å². The van der Waals surface area contributed by atoms with E-state index in [0.717, 1.165) is 17.7 Å². The molecule has 2 aromatic rings. The van der Waals surface area contributed by atoms with E-state index in [9.17, 15) is 4.79 Å². The second-order valence-electron chi connectivity index (χ2n) is 4.28. The number of nitrogens with one attached hydrogen (secondary N) is 1. The van der Waals surface area contributed by atoms with Crippen molar-refractivity contribution >= 4 is 28.8 Å². The Morgan fingerprint density at radius 1 is 1.35 bits per heavy atom. The van der Waals surface area contributed by atoms with Crippen molar-refractivity contribution in [1.82, 2.24) is 5.32 Å². The average molecular weight is 310 g/mol. The predicted molar refractivity (Wildman–Crippen MR) is 82.8 cm³/mol. The second-order valence-corrected chi connectivity index (χ2v) is 6.00. The van der Waals surface area contributed by atoms with Crippen molar-refractivity contribution in [3.05, 3.63) is 51.2 Å². The van der Waals surface area contributed by atoms with Crippen molar-refractivity contribution in [2.75, 3.05) is 7.11 Å². The molecule has 0 bridgehead atoms. The molecule has 1 aromatic carbocycles. The smallest absolute Gasteiger partial charge is 0.261 e. The summed E-state index contributed by atoms with van der Waals surface area (Å²) in [5.41, 5.74) is 0.980. The SMILES string of the molecule is CC[C@@H](NC(=O)c1ccc(Cl)s1)c1ccccc1OC. The van der Waals surface area contributed by atoms with Crippen molar-refractivity contribution in [1.29, 1.82) is 0 Å². The van der Waals surface area contributed by atoms with Gasteiger partial charge < -0.3 is 10.1 Å². The Morgan fingerprint density at radius 2 is 2.10 bits per heavy atom. The van der Waals surface area contributed by atoms with Gasteiger partial charge >= 0.3 is 0 Å². The molecule has 1 amide bonds. The lowest BCUT2D eigenvalue weighted by Gasteiger charge is -2.19. The van der Waals surface area contributed by atoms with Crippen LogP contribution in [0.1, 0.15) is 34.6 Å². The van der Waals surface area contributed by atoms with Crippen molar-refractivity contribution in [2.45, 2.75) is 19.4 Å². The van der Waals surface area contributed by atoms with Gasteiger partial charge in [-0.2, -0.15) is 0 Å². The zero-order valence-corrected chi connectivity index (χ0v) is 12.9. The van der Waals surface area contributed by atoms with Crippen LogP contribution in [0, 0.1) is 0 Å². The molecule has 0 aliphatic rings. The third-order valence-corrected chi connectivity index (χ3v) is 4.25. The number of amides is 1. The largest absolute Gasteiger partial charge is 0.496 e. The second kappa shape index (κ2) is 6.77. The van der Waals surface area contributed by atoms with E-state index in [1.165, 1.54) is 11.3 Å². The van der Waals surface area contributed by atoms with Crippen LogP contribution < -0.4 is 10.1 Å². The molecule has 1 N–H and O–H groups in total. The van der Waals surface area contributed by atoms with E-state index >= 15 is 0 Å². The number of ether oxygens (including phenoxy) is 1. The summed E-state index contributed by atoms with van der Waals surface area (Å²) in [5, 5.41) is 3.02. The summed E-state index contributed by atoms with van der Waals surface area (Å²) < 4.78 is 5.96. The summed E-state index contributed by atoms with van der Waals surface area (Å²) in [6.07, 6.45) is 0.783. The Bertz CT molecular complexity index is 597. The Kier molecular flexibility index (Phi) is 5.04. The fraction of sp³-hybridized carbons (Fsp3) is 0.267. The first-order chi connectivity index (χ1) is 9.65. The highest BCUT2D eigenvalue weighted by molar-refractivity contribution is 7.17. The Labute approximate surface area is 127 Å². The number of halogens is 1. The fourth-order valence-corrected chi connectivity index (χ4v) is 2.97. The van der Waals surface area contributed by atoms with Gasteiger partial charge in [-0.25, -0.2) is 0 Å². The molecule has 106 valence electrons. The molecule has 0 spiro atoms. The molecule has 1 aromatic heterocycles.